The largest absolute Gasteiger partial charge is 0.509 e. The van der Waals surface area contributed by atoms with Crippen molar-refractivity contribution in [2.75, 3.05) is 9.80 Å². The molecule has 0 saturated heterocycles. The van der Waals surface area contributed by atoms with Crippen molar-refractivity contribution < 1.29 is 34.6 Å². The molecular weight excluding hydrogens is 990 g/mol. The van der Waals surface area contributed by atoms with Gasteiger partial charge in [0.25, 0.3) is 0 Å². The Morgan fingerprint density at radius 3 is 1.88 bits per heavy atom. The molecule has 0 amide bonds. The molecule has 0 unspecified atom stereocenters. The molecular formula is C57H47F2N4OPt-3. The second kappa shape index (κ2) is 17.8. The van der Waals surface area contributed by atoms with Crippen LogP contribution in [0, 0.1) is 30.4 Å². The number of para-hydroxylation sites is 3. The van der Waals surface area contributed by atoms with Gasteiger partial charge in [-0.15, -0.1) is 53.6 Å². The number of pyridine rings is 1. The second-order valence-electron chi connectivity index (χ2n) is 17.4. The van der Waals surface area contributed by atoms with Crippen LogP contribution in [-0.4, -0.2) is 9.55 Å². The van der Waals surface area contributed by atoms with Crippen LogP contribution in [-0.2, 0) is 21.1 Å². The summed E-state index contributed by atoms with van der Waals surface area (Å²) in [6.45, 7) is 15.2. The van der Waals surface area contributed by atoms with Crippen molar-refractivity contribution in [2.45, 2.75) is 59.3 Å². The van der Waals surface area contributed by atoms with E-state index in [-0.39, 0.29) is 38.8 Å². The summed E-state index contributed by atoms with van der Waals surface area (Å²) in [4.78, 5) is 9.16. The zero-order valence-corrected chi connectivity index (χ0v) is 39.3. The number of nitrogens with zero attached hydrogens (tertiary/aromatic N) is 4. The van der Waals surface area contributed by atoms with Gasteiger partial charge in [-0.1, -0.05) is 108 Å². The summed E-state index contributed by atoms with van der Waals surface area (Å²) in [5, 5.41) is 2.16. The van der Waals surface area contributed by atoms with Crippen molar-refractivity contribution in [3.63, 3.8) is 0 Å². The first-order valence-electron chi connectivity index (χ1n) is 21.9. The van der Waals surface area contributed by atoms with Crippen LogP contribution < -0.4 is 14.5 Å². The summed E-state index contributed by atoms with van der Waals surface area (Å²) in [5.74, 6) is 1.16. The van der Waals surface area contributed by atoms with Gasteiger partial charge in [0.15, 0.2) is 0 Å². The molecule has 0 aliphatic carbocycles. The minimum Gasteiger partial charge on any atom is -0.509 e. The monoisotopic (exact) mass is 1040 g/mol. The van der Waals surface area contributed by atoms with Crippen molar-refractivity contribution >= 4 is 44.6 Å². The number of hydrogen-bond donors (Lipinski definition) is 0. The zero-order valence-electron chi connectivity index (χ0n) is 37.0. The molecule has 0 saturated carbocycles. The maximum atomic E-state index is 14.6. The first kappa shape index (κ1) is 43.7. The van der Waals surface area contributed by atoms with Crippen molar-refractivity contribution in [3.05, 3.63) is 199 Å². The molecule has 328 valence electrons. The Bertz CT molecular complexity index is 3170. The van der Waals surface area contributed by atoms with E-state index in [0.29, 0.717) is 17.1 Å². The number of aromatic nitrogens is 2. The number of rotatable bonds is 10. The molecule has 8 heteroatoms. The van der Waals surface area contributed by atoms with E-state index in [9.17, 15) is 8.78 Å². The zero-order chi connectivity index (χ0) is 44.2. The third-order valence-electron chi connectivity index (χ3n) is 12.1. The average molecular weight is 1040 g/mol. The molecule has 5 nitrogen and oxygen atoms in total. The van der Waals surface area contributed by atoms with Crippen molar-refractivity contribution in [1.29, 1.82) is 0 Å². The molecule has 1 aliphatic heterocycles. The van der Waals surface area contributed by atoms with Crippen LogP contribution in [0.3, 0.4) is 0 Å². The average Bonchev–Trinajstić information content (AvgIpc) is 3.84. The van der Waals surface area contributed by atoms with E-state index < -0.39 is 11.6 Å². The number of anilines is 4. The van der Waals surface area contributed by atoms with E-state index in [2.05, 4.69) is 172 Å². The normalized spacial score (nSPS) is 12.5. The smallest absolute Gasteiger partial charge is 0.135 e. The Labute approximate surface area is 394 Å². The van der Waals surface area contributed by atoms with E-state index >= 15 is 0 Å². The van der Waals surface area contributed by atoms with Crippen LogP contribution in [0.4, 0.5) is 31.5 Å². The fraction of sp³-hybridized carbons (Fsp3) is 0.158. The topological polar surface area (TPSA) is 33.5 Å². The Hall–Kier alpha value is -6.56. The number of ether oxygens (including phenoxy) is 1. The maximum Gasteiger partial charge on any atom is 0.135 e. The SMILES string of the molecule is CC(C)c1ccccc1-c1cc(Oc2[c-]c3c(cc2)c2ccccc2n3-c2ccccn2)[c-]c(N2[CH-]N(c3c(C(C)C)cc(-c4cc(F)cc(F)c4)cc3C(C)C)c3ccccc32)c1.[Pt]. The van der Waals surface area contributed by atoms with Gasteiger partial charge in [-0.05, 0) is 111 Å². The van der Waals surface area contributed by atoms with Gasteiger partial charge in [0.2, 0.25) is 0 Å². The summed E-state index contributed by atoms with van der Waals surface area (Å²) in [5.41, 5.74) is 12.5. The summed E-state index contributed by atoms with van der Waals surface area (Å²) in [6.07, 6.45) is 1.81. The molecule has 1 aliphatic rings. The van der Waals surface area contributed by atoms with Crippen LogP contribution in [0.2, 0.25) is 0 Å². The molecule has 2 aromatic heterocycles. The standard InChI is InChI=1S/C57H47F2N4O.Pt/c1-35(2)46-15-7-8-16-47(46)40-27-43(32-45(28-40)64-44-22-23-49-48-17-9-10-18-52(48)63(55(49)33-44)56-21-13-14-24-60-56)61-34-62(54-20-12-11-19-53(54)61)57-50(36(3)4)29-39(30-51(57)37(5)6)38-25-41(58)31-42(59)26-38;/h7-31,34-37H,1-6H3;/q-3;. The molecule has 3 heterocycles. The minimum atomic E-state index is -0.599. The summed E-state index contributed by atoms with van der Waals surface area (Å²) in [7, 11) is 0. The van der Waals surface area contributed by atoms with E-state index in [4.69, 9.17) is 9.72 Å². The predicted molar refractivity (Wildman–Crippen MR) is 257 cm³/mol. The van der Waals surface area contributed by atoms with Crippen LogP contribution >= 0.6 is 0 Å². The van der Waals surface area contributed by atoms with Crippen molar-refractivity contribution in [2.24, 2.45) is 0 Å². The van der Waals surface area contributed by atoms with Gasteiger partial charge in [-0.25, -0.2) is 13.8 Å². The summed E-state index contributed by atoms with van der Waals surface area (Å²) in [6, 6.07) is 54.7. The van der Waals surface area contributed by atoms with E-state index in [0.717, 1.165) is 84.3 Å². The summed E-state index contributed by atoms with van der Waals surface area (Å²) < 4.78 is 38.2. The first-order chi connectivity index (χ1) is 31.0. The number of halogens is 2. The third kappa shape index (κ3) is 8.12. The van der Waals surface area contributed by atoms with Crippen molar-refractivity contribution in [3.8, 4) is 39.6 Å². The Morgan fingerprint density at radius 2 is 1.18 bits per heavy atom. The van der Waals surface area contributed by atoms with Gasteiger partial charge in [0.1, 0.15) is 17.5 Å². The molecule has 9 aromatic rings. The van der Waals surface area contributed by atoms with Crippen molar-refractivity contribution in [1.82, 2.24) is 9.55 Å². The van der Waals surface area contributed by atoms with Gasteiger partial charge in [-0.2, -0.15) is 6.07 Å². The fourth-order valence-electron chi connectivity index (χ4n) is 9.12. The number of hydrogen-bond acceptors (Lipinski definition) is 4. The van der Waals surface area contributed by atoms with Crippen LogP contribution in [0.25, 0.3) is 49.9 Å². The Balaban J connectivity index is 0.00000533. The third-order valence-corrected chi connectivity index (χ3v) is 12.1. The number of fused-ring (bicyclic) bond motifs is 4. The molecule has 0 radical (unpaired) electrons. The second-order valence-corrected chi connectivity index (χ2v) is 17.4. The minimum absolute atomic E-state index is 0. The molecule has 0 bridgehead atoms. The first-order valence-corrected chi connectivity index (χ1v) is 21.9. The van der Waals surface area contributed by atoms with Crippen LogP contribution in [0.15, 0.2) is 152 Å². The van der Waals surface area contributed by atoms with E-state index in [1.54, 1.807) is 6.20 Å². The quantitative estimate of drug-likeness (QED) is 0.128. The molecule has 0 fully saturated rings. The molecule has 0 spiro atoms. The van der Waals surface area contributed by atoms with Gasteiger partial charge >= 0.3 is 0 Å². The molecule has 10 rings (SSSR count). The van der Waals surface area contributed by atoms with Crippen LogP contribution in [0.1, 0.15) is 76.0 Å². The molecule has 7 aromatic carbocycles. The predicted octanol–water partition coefficient (Wildman–Crippen LogP) is 16.0. The summed E-state index contributed by atoms with van der Waals surface area (Å²) >= 11 is 0. The van der Waals surface area contributed by atoms with Gasteiger partial charge in [0, 0.05) is 67.4 Å². The van der Waals surface area contributed by atoms with E-state index in [1.165, 1.54) is 17.7 Å². The molecule has 0 atom stereocenters. The van der Waals surface area contributed by atoms with Gasteiger partial charge in [-0.3, -0.25) is 0 Å². The van der Waals surface area contributed by atoms with Gasteiger partial charge < -0.3 is 19.1 Å². The molecule has 65 heavy (non-hydrogen) atoms. The Kier molecular flexibility index (Phi) is 11.9. The number of benzene rings is 7. The fourth-order valence-corrected chi connectivity index (χ4v) is 9.12. The van der Waals surface area contributed by atoms with Gasteiger partial charge in [0.05, 0.1) is 0 Å². The molecule has 0 N–H and O–H groups in total. The van der Waals surface area contributed by atoms with E-state index in [1.807, 2.05) is 30.3 Å². The maximum absolute atomic E-state index is 14.6. The Morgan fingerprint density at radius 1 is 0.554 bits per heavy atom. The van der Waals surface area contributed by atoms with Crippen LogP contribution in [0.5, 0.6) is 11.5 Å².